The first-order valence-corrected chi connectivity index (χ1v) is 10.00. The van der Waals surface area contributed by atoms with Gasteiger partial charge in [0.15, 0.2) is 5.65 Å². The van der Waals surface area contributed by atoms with Crippen molar-refractivity contribution in [3.63, 3.8) is 0 Å². The summed E-state index contributed by atoms with van der Waals surface area (Å²) in [6.07, 6.45) is 1.39. The predicted molar refractivity (Wildman–Crippen MR) is 110 cm³/mol. The van der Waals surface area contributed by atoms with E-state index in [-0.39, 0.29) is 24.3 Å². The number of benzene rings is 1. The van der Waals surface area contributed by atoms with E-state index in [4.69, 9.17) is 4.74 Å². The number of fused-ring (bicyclic) bond motifs is 1. The van der Waals surface area contributed by atoms with Crippen LogP contribution in [-0.2, 0) is 11.3 Å². The molecule has 0 saturated carbocycles. The van der Waals surface area contributed by atoms with Gasteiger partial charge in [-0.1, -0.05) is 37.3 Å². The van der Waals surface area contributed by atoms with Crippen LogP contribution in [0.15, 0.2) is 41.2 Å². The number of likely N-dealkylation sites (tertiary alicyclic amines) is 1. The normalized spacial score (nSPS) is 19.5. The van der Waals surface area contributed by atoms with Crippen molar-refractivity contribution in [3.05, 3.63) is 69.3 Å². The minimum absolute atomic E-state index is 0.110. The zero-order chi connectivity index (χ0) is 20.5. The predicted octanol–water partition coefficient (Wildman–Crippen LogP) is 3.75. The molecule has 2 aromatic heterocycles. The molecule has 7 heteroatoms. The van der Waals surface area contributed by atoms with Crippen molar-refractivity contribution in [1.29, 1.82) is 0 Å². The highest BCUT2D eigenvalue weighted by atomic mass is 16.6. The molecule has 0 bridgehead atoms. The van der Waals surface area contributed by atoms with Crippen molar-refractivity contribution in [1.82, 2.24) is 19.5 Å². The summed E-state index contributed by atoms with van der Waals surface area (Å²) in [5.74, 6) is 0.470. The molecule has 1 saturated heterocycles. The van der Waals surface area contributed by atoms with Gasteiger partial charge < -0.3 is 4.74 Å². The lowest BCUT2D eigenvalue weighted by Crippen LogP contribution is -2.41. The Balaban J connectivity index is 1.61. The van der Waals surface area contributed by atoms with E-state index in [0.29, 0.717) is 23.7 Å². The number of carbonyl (C=O) groups is 1. The Morgan fingerprint density at radius 3 is 2.79 bits per heavy atom. The van der Waals surface area contributed by atoms with Crippen molar-refractivity contribution >= 4 is 11.7 Å². The second kappa shape index (κ2) is 7.73. The minimum Gasteiger partial charge on any atom is -0.445 e. The van der Waals surface area contributed by atoms with Gasteiger partial charge in [-0.15, -0.1) is 0 Å². The Morgan fingerprint density at radius 2 is 2.03 bits per heavy atom. The van der Waals surface area contributed by atoms with Crippen molar-refractivity contribution in [2.45, 2.75) is 46.3 Å². The van der Waals surface area contributed by atoms with Crippen LogP contribution in [0.1, 0.15) is 48.3 Å². The van der Waals surface area contributed by atoms with Crippen LogP contribution in [0.2, 0.25) is 0 Å². The first kappa shape index (κ1) is 19.2. The number of rotatable bonds is 3. The topological polar surface area (TPSA) is 79.7 Å². The Kier molecular flexibility index (Phi) is 5.13. The molecule has 4 rings (SSSR count). The van der Waals surface area contributed by atoms with Gasteiger partial charge in [0.1, 0.15) is 6.61 Å². The number of piperidine rings is 1. The first-order valence-electron chi connectivity index (χ1n) is 10.00. The number of nitrogens with zero attached hydrogens (tertiary/aromatic N) is 3. The number of aromatic nitrogens is 3. The molecular weight excluding hydrogens is 368 g/mol. The Bertz CT molecular complexity index is 1090. The number of carbonyl (C=O) groups excluding carboxylic acids is 1. The fourth-order valence-corrected chi connectivity index (χ4v) is 3.87. The van der Waals surface area contributed by atoms with Crippen LogP contribution in [0.5, 0.6) is 0 Å². The SMILES string of the molecule is Cc1nc2cc(C3CC(C)CCN3C(=O)OCc3ccccc3)[nH]n2c(=O)c1C. The lowest BCUT2D eigenvalue weighted by molar-refractivity contribution is 0.0575. The van der Waals surface area contributed by atoms with Crippen LogP contribution in [0.25, 0.3) is 5.65 Å². The Hall–Kier alpha value is -3.09. The zero-order valence-corrected chi connectivity index (χ0v) is 17.0. The smallest absolute Gasteiger partial charge is 0.410 e. The largest absolute Gasteiger partial charge is 0.445 e. The molecular formula is C22H26N4O3. The van der Waals surface area contributed by atoms with Gasteiger partial charge in [-0.3, -0.25) is 14.8 Å². The summed E-state index contributed by atoms with van der Waals surface area (Å²) in [5.41, 5.74) is 3.56. The molecule has 1 amide bonds. The highest BCUT2D eigenvalue weighted by Gasteiger charge is 2.33. The molecule has 7 nitrogen and oxygen atoms in total. The van der Waals surface area contributed by atoms with Gasteiger partial charge in [0.25, 0.3) is 5.56 Å². The van der Waals surface area contributed by atoms with Gasteiger partial charge >= 0.3 is 6.09 Å². The summed E-state index contributed by atoms with van der Waals surface area (Å²) < 4.78 is 7.04. The summed E-state index contributed by atoms with van der Waals surface area (Å²) in [4.78, 5) is 31.7. The third-order valence-electron chi connectivity index (χ3n) is 5.77. The molecule has 2 atom stereocenters. The summed E-state index contributed by atoms with van der Waals surface area (Å²) in [5, 5.41) is 3.17. The van der Waals surface area contributed by atoms with Crippen molar-refractivity contribution < 1.29 is 9.53 Å². The molecule has 1 aromatic carbocycles. The number of hydrogen-bond acceptors (Lipinski definition) is 4. The number of aryl methyl sites for hydroxylation is 1. The summed E-state index contributed by atoms with van der Waals surface area (Å²) in [6.45, 7) is 6.65. The van der Waals surface area contributed by atoms with Gasteiger partial charge in [-0.2, -0.15) is 0 Å². The molecule has 1 fully saturated rings. The van der Waals surface area contributed by atoms with Gasteiger partial charge in [0, 0.05) is 23.9 Å². The summed E-state index contributed by atoms with van der Waals surface area (Å²) >= 11 is 0. The van der Waals surface area contributed by atoms with E-state index in [2.05, 4.69) is 17.0 Å². The second-order valence-electron chi connectivity index (χ2n) is 7.91. The van der Waals surface area contributed by atoms with Gasteiger partial charge in [0.2, 0.25) is 0 Å². The number of H-pyrrole nitrogens is 1. The molecule has 29 heavy (non-hydrogen) atoms. The Morgan fingerprint density at radius 1 is 1.28 bits per heavy atom. The summed E-state index contributed by atoms with van der Waals surface area (Å²) in [7, 11) is 0. The number of nitrogens with one attached hydrogen (secondary N) is 1. The quantitative estimate of drug-likeness (QED) is 0.734. The molecule has 3 heterocycles. The maximum absolute atomic E-state index is 12.9. The third-order valence-corrected chi connectivity index (χ3v) is 5.77. The average molecular weight is 394 g/mol. The lowest BCUT2D eigenvalue weighted by atomic mass is 9.91. The molecule has 152 valence electrons. The average Bonchev–Trinajstić information content (AvgIpc) is 3.15. The fraction of sp³-hybridized carbons (Fsp3) is 0.409. The number of ether oxygens (including phenoxy) is 1. The van der Waals surface area contributed by atoms with Crippen LogP contribution in [-0.4, -0.2) is 32.1 Å². The lowest BCUT2D eigenvalue weighted by Gasteiger charge is -2.37. The number of amides is 1. The van der Waals surface area contributed by atoms with E-state index in [9.17, 15) is 9.59 Å². The molecule has 1 N–H and O–H groups in total. The van der Waals surface area contributed by atoms with E-state index >= 15 is 0 Å². The molecule has 1 aliphatic heterocycles. The minimum atomic E-state index is -0.336. The summed E-state index contributed by atoms with van der Waals surface area (Å²) in [6, 6.07) is 11.3. The van der Waals surface area contributed by atoms with Gasteiger partial charge in [-0.05, 0) is 38.2 Å². The number of aromatic amines is 1. The van der Waals surface area contributed by atoms with Gasteiger partial charge in [0.05, 0.1) is 11.7 Å². The van der Waals surface area contributed by atoms with Crippen molar-refractivity contribution in [3.8, 4) is 0 Å². The van der Waals surface area contributed by atoms with Crippen LogP contribution in [0.3, 0.4) is 0 Å². The molecule has 0 aliphatic carbocycles. The third kappa shape index (κ3) is 3.77. The molecule has 0 spiro atoms. The van der Waals surface area contributed by atoms with Crippen molar-refractivity contribution in [2.24, 2.45) is 5.92 Å². The molecule has 3 aromatic rings. The van der Waals surface area contributed by atoms with E-state index in [1.165, 1.54) is 4.52 Å². The highest BCUT2D eigenvalue weighted by molar-refractivity contribution is 5.68. The van der Waals surface area contributed by atoms with Crippen LogP contribution in [0, 0.1) is 19.8 Å². The van der Waals surface area contributed by atoms with Crippen LogP contribution >= 0.6 is 0 Å². The Labute approximate surface area is 169 Å². The van der Waals surface area contributed by atoms with E-state index in [1.54, 1.807) is 11.8 Å². The fourth-order valence-electron chi connectivity index (χ4n) is 3.87. The van der Waals surface area contributed by atoms with Crippen LogP contribution < -0.4 is 5.56 Å². The van der Waals surface area contributed by atoms with Crippen LogP contribution in [0.4, 0.5) is 4.79 Å². The molecule has 2 unspecified atom stereocenters. The zero-order valence-electron chi connectivity index (χ0n) is 17.0. The monoisotopic (exact) mass is 394 g/mol. The molecule has 1 aliphatic rings. The van der Waals surface area contributed by atoms with E-state index in [1.807, 2.05) is 43.3 Å². The maximum Gasteiger partial charge on any atom is 0.410 e. The molecule has 0 radical (unpaired) electrons. The number of hydrogen-bond donors (Lipinski definition) is 1. The van der Waals surface area contributed by atoms with Gasteiger partial charge in [-0.25, -0.2) is 14.3 Å². The first-order chi connectivity index (χ1) is 13.9. The maximum atomic E-state index is 12.9. The second-order valence-corrected chi connectivity index (χ2v) is 7.91. The van der Waals surface area contributed by atoms with E-state index in [0.717, 1.165) is 29.8 Å². The highest BCUT2D eigenvalue weighted by Crippen LogP contribution is 2.34. The standard InChI is InChI=1S/C22H26N4O3/c1-14-9-10-25(22(28)29-13-17-7-5-4-6-8-17)19(11-14)18-12-20-23-16(3)15(2)21(27)26(20)24-18/h4-8,12,14,19,24H,9-11,13H2,1-3H3. The van der Waals surface area contributed by atoms with Crippen molar-refractivity contribution in [2.75, 3.05) is 6.54 Å². The van der Waals surface area contributed by atoms with E-state index < -0.39 is 0 Å².